The highest BCUT2D eigenvalue weighted by molar-refractivity contribution is 5.73. The van der Waals surface area contributed by atoms with Gasteiger partial charge in [0.2, 0.25) is 0 Å². The fourth-order valence-corrected chi connectivity index (χ4v) is 2.51. The van der Waals surface area contributed by atoms with Crippen molar-refractivity contribution in [2.45, 2.75) is 52.4 Å². The van der Waals surface area contributed by atoms with Gasteiger partial charge >= 0.3 is 6.03 Å². The van der Waals surface area contributed by atoms with E-state index in [0.717, 1.165) is 24.0 Å². The smallest absolute Gasteiger partial charge is 0.315 e. The summed E-state index contributed by atoms with van der Waals surface area (Å²) in [7, 11) is 0. The largest absolute Gasteiger partial charge is 0.371 e. The van der Waals surface area contributed by atoms with E-state index in [4.69, 9.17) is 4.74 Å². The van der Waals surface area contributed by atoms with Crippen LogP contribution in [0.2, 0.25) is 0 Å². The molecular weight excluding hydrogens is 324 g/mol. The molecule has 2 amide bonds. The molecule has 0 saturated heterocycles. The summed E-state index contributed by atoms with van der Waals surface area (Å²) in [5.74, 6) is 0. The topological polar surface area (TPSA) is 50.4 Å². The lowest BCUT2D eigenvalue weighted by molar-refractivity contribution is -0.0149. The predicted molar refractivity (Wildman–Crippen MR) is 106 cm³/mol. The van der Waals surface area contributed by atoms with Gasteiger partial charge in [0.05, 0.1) is 12.2 Å². The van der Waals surface area contributed by atoms with Gasteiger partial charge in [-0.25, -0.2) is 4.79 Å². The molecule has 0 aliphatic carbocycles. The van der Waals surface area contributed by atoms with Gasteiger partial charge in [-0.05, 0) is 50.3 Å². The van der Waals surface area contributed by atoms with Crippen molar-refractivity contribution >= 4 is 6.03 Å². The van der Waals surface area contributed by atoms with Crippen molar-refractivity contribution < 1.29 is 9.53 Å². The number of hydrogen-bond acceptors (Lipinski definition) is 2. The minimum Gasteiger partial charge on any atom is -0.371 e. The maximum atomic E-state index is 11.9. The van der Waals surface area contributed by atoms with Crippen LogP contribution in [-0.2, 0) is 24.3 Å². The summed E-state index contributed by atoms with van der Waals surface area (Å²) < 4.78 is 5.80. The van der Waals surface area contributed by atoms with Crippen LogP contribution in [0.15, 0.2) is 54.6 Å². The molecule has 0 atom stereocenters. The van der Waals surface area contributed by atoms with Crippen molar-refractivity contribution in [2.75, 3.05) is 6.54 Å². The van der Waals surface area contributed by atoms with E-state index in [1.54, 1.807) is 0 Å². The number of amides is 2. The van der Waals surface area contributed by atoms with Crippen LogP contribution in [0.25, 0.3) is 0 Å². The van der Waals surface area contributed by atoms with Crippen LogP contribution in [-0.4, -0.2) is 18.2 Å². The van der Waals surface area contributed by atoms with Gasteiger partial charge in [0, 0.05) is 13.1 Å². The number of benzene rings is 2. The molecule has 2 aromatic rings. The number of hydrogen-bond donors (Lipinski definition) is 2. The molecule has 0 aliphatic heterocycles. The normalized spacial score (nSPS) is 11.2. The van der Waals surface area contributed by atoms with Gasteiger partial charge in [0.1, 0.15) is 0 Å². The number of nitrogens with one attached hydrogen (secondary N) is 2. The molecular formula is C22H30N2O2. The van der Waals surface area contributed by atoms with Crippen molar-refractivity contribution in [3.8, 4) is 0 Å². The van der Waals surface area contributed by atoms with Crippen LogP contribution >= 0.6 is 0 Å². The Morgan fingerprint density at radius 2 is 1.62 bits per heavy atom. The summed E-state index contributed by atoms with van der Waals surface area (Å²) in [5.41, 5.74) is 3.32. The molecule has 0 fully saturated rings. The Hall–Kier alpha value is -2.33. The Morgan fingerprint density at radius 1 is 0.923 bits per heavy atom. The summed E-state index contributed by atoms with van der Waals surface area (Å²) in [6.45, 7) is 7.87. The number of ether oxygens (including phenoxy) is 1. The highest BCUT2D eigenvalue weighted by atomic mass is 16.5. The Labute approximate surface area is 157 Å². The van der Waals surface area contributed by atoms with Gasteiger partial charge in [-0.1, -0.05) is 54.6 Å². The summed E-state index contributed by atoms with van der Waals surface area (Å²) in [5, 5.41) is 5.81. The van der Waals surface area contributed by atoms with Crippen LogP contribution in [0.4, 0.5) is 4.79 Å². The second-order valence-electron chi connectivity index (χ2n) is 7.42. The van der Waals surface area contributed by atoms with E-state index in [1.807, 2.05) is 57.2 Å². The zero-order valence-electron chi connectivity index (χ0n) is 16.0. The average Bonchev–Trinajstić information content (AvgIpc) is 2.62. The number of urea groups is 1. The van der Waals surface area contributed by atoms with Gasteiger partial charge in [-0.2, -0.15) is 0 Å². The molecule has 2 aromatic carbocycles. The van der Waals surface area contributed by atoms with Crippen molar-refractivity contribution in [2.24, 2.45) is 0 Å². The minimum absolute atomic E-state index is 0.130. The standard InChI is InChI=1S/C22H30N2O2/c1-22(2,3)26-17-20-12-7-11-19(15-20)16-24-21(25)23-14-8-13-18-9-5-4-6-10-18/h4-7,9-12,15H,8,13-14,16-17H2,1-3H3,(H2,23,24,25). The lowest BCUT2D eigenvalue weighted by atomic mass is 10.1. The highest BCUT2D eigenvalue weighted by Gasteiger charge is 2.10. The molecule has 0 radical (unpaired) electrons. The summed E-state index contributed by atoms with van der Waals surface area (Å²) >= 11 is 0. The van der Waals surface area contributed by atoms with Crippen molar-refractivity contribution in [3.05, 3.63) is 71.3 Å². The zero-order valence-corrected chi connectivity index (χ0v) is 16.0. The monoisotopic (exact) mass is 354 g/mol. The maximum Gasteiger partial charge on any atom is 0.315 e. The molecule has 0 unspecified atom stereocenters. The maximum absolute atomic E-state index is 11.9. The third-order valence-corrected chi connectivity index (χ3v) is 3.89. The minimum atomic E-state index is -0.159. The van der Waals surface area contributed by atoms with Crippen LogP contribution in [0.1, 0.15) is 43.9 Å². The van der Waals surface area contributed by atoms with Crippen LogP contribution in [0.3, 0.4) is 0 Å². The van der Waals surface area contributed by atoms with E-state index < -0.39 is 0 Å². The second-order valence-corrected chi connectivity index (χ2v) is 7.42. The average molecular weight is 354 g/mol. The molecule has 0 saturated carbocycles. The van der Waals surface area contributed by atoms with Crippen molar-refractivity contribution in [1.29, 1.82) is 0 Å². The predicted octanol–water partition coefficient (Wildman–Crippen LogP) is 4.43. The lowest BCUT2D eigenvalue weighted by Gasteiger charge is -2.19. The quantitative estimate of drug-likeness (QED) is 0.689. The third kappa shape index (κ3) is 8.17. The Balaban J connectivity index is 1.67. The van der Waals surface area contributed by atoms with E-state index in [9.17, 15) is 4.79 Å². The molecule has 0 spiro atoms. The molecule has 2 N–H and O–H groups in total. The Bertz CT molecular complexity index is 678. The summed E-state index contributed by atoms with van der Waals surface area (Å²) in [6.07, 6.45) is 1.90. The van der Waals surface area contributed by atoms with Crippen LogP contribution in [0, 0.1) is 0 Å². The molecule has 2 rings (SSSR count). The molecule has 4 heteroatoms. The molecule has 140 valence electrons. The molecule has 4 nitrogen and oxygen atoms in total. The number of carbonyl (C=O) groups is 1. The van der Waals surface area contributed by atoms with E-state index in [0.29, 0.717) is 19.7 Å². The molecule has 0 aliphatic rings. The Kier molecular flexibility index (Phi) is 7.67. The fraction of sp³-hybridized carbons (Fsp3) is 0.409. The lowest BCUT2D eigenvalue weighted by Crippen LogP contribution is -2.35. The fourth-order valence-electron chi connectivity index (χ4n) is 2.51. The first-order valence-corrected chi connectivity index (χ1v) is 9.20. The first kappa shape index (κ1) is 20.0. The third-order valence-electron chi connectivity index (χ3n) is 3.89. The first-order valence-electron chi connectivity index (χ1n) is 9.20. The van der Waals surface area contributed by atoms with Gasteiger partial charge in [0.15, 0.2) is 0 Å². The first-order chi connectivity index (χ1) is 12.4. The SMILES string of the molecule is CC(C)(C)OCc1cccc(CNC(=O)NCCCc2ccccc2)c1. The van der Waals surface area contributed by atoms with Crippen molar-refractivity contribution in [1.82, 2.24) is 10.6 Å². The molecule has 26 heavy (non-hydrogen) atoms. The molecule has 0 heterocycles. The summed E-state index contributed by atoms with van der Waals surface area (Å²) in [4.78, 5) is 11.9. The van der Waals surface area contributed by atoms with E-state index in [1.165, 1.54) is 5.56 Å². The molecule has 0 aromatic heterocycles. The van der Waals surface area contributed by atoms with Crippen LogP contribution in [0.5, 0.6) is 0 Å². The second kappa shape index (κ2) is 9.97. The van der Waals surface area contributed by atoms with Gasteiger partial charge < -0.3 is 15.4 Å². The zero-order chi connectivity index (χ0) is 18.8. The van der Waals surface area contributed by atoms with E-state index >= 15 is 0 Å². The summed E-state index contributed by atoms with van der Waals surface area (Å²) in [6, 6.07) is 18.3. The van der Waals surface area contributed by atoms with Crippen molar-refractivity contribution in [3.63, 3.8) is 0 Å². The van der Waals surface area contributed by atoms with Crippen LogP contribution < -0.4 is 10.6 Å². The van der Waals surface area contributed by atoms with E-state index in [2.05, 4.69) is 28.8 Å². The Morgan fingerprint density at radius 3 is 2.35 bits per heavy atom. The van der Waals surface area contributed by atoms with Gasteiger partial charge in [0.25, 0.3) is 0 Å². The highest BCUT2D eigenvalue weighted by Crippen LogP contribution is 2.13. The molecule has 0 bridgehead atoms. The van der Waals surface area contributed by atoms with E-state index in [-0.39, 0.29) is 11.6 Å². The van der Waals surface area contributed by atoms with Gasteiger partial charge in [-0.15, -0.1) is 0 Å². The number of carbonyl (C=O) groups excluding carboxylic acids is 1. The van der Waals surface area contributed by atoms with Gasteiger partial charge in [-0.3, -0.25) is 0 Å². The number of rotatable bonds is 8. The number of aryl methyl sites for hydroxylation is 1.